The molecule has 2 heterocycles. The van der Waals surface area contributed by atoms with Crippen molar-refractivity contribution >= 4 is 23.5 Å². The van der Waals surface area contributed by atoms with E-state index < -0.39 is 0 Å². The lowest BCUT2D eigenvalue weighted by Crippen LogP contribution is -2.49. The van der Waals surface area contributed by atoms with E-state index in [2.05, 4.69) is 25.1 Å². The average Bonchev–Trinajstić information content (AvgIpc) is 2.75. The number of piperazine rings is 1. The number of carbonyl (C=O) groups is 2. The molecule has 1 amide bonds. The van der Waals surface area contributed by atoms with E-state index in [1.54, 1.807) is 42.7 Å². The molecule has 0 radical (unpaired) electrons. The van der Waals surface area contributed by atoms with E-state index in [4.69, 9.17) is 4.74 Å². The standard InChI is InChI=1S/C21H27N5O3/c1-2-3-15-29-20(28)17-5-7-18(8-6-17)24-19(27)16-25-11-13-26(14-12-25)21-22-9-4-10-23-21/h4-10H,2-3,11-16H2,1H3,(H,24,27). The zero-order valence-electron chi connectivity index (χ0n) is 16.7. The minimum Gasteiger partial charge on any atom is -0.462 e. The predicted octanol–water partition coefficient (Wildman–Crippen LogP) is 2.19. The van der Waals surface area contributed by atoms with Gasteiger partial charge in [-0.15, -0.1) is 0 Å². The highest BCUT2D eigenvalue weighted by molar-refractivity contribution is 5.94. The molecule has 1 aliphatic rings. The molecule has 0 unspecified atom stereocenters. The Morgan fingerprint density at radius 2 is 1.76 bits per heavy atom. The summed E-state index contributed by atoms with van der Waals surface area (Å²) in [6.07, 6.45) is 5.30. The third-order valence-corrected chi connectivity index (χ3v) is 4.71. The van der Waals surface area contributed by atoms with Crippen molar-refractivity contribution < 1.29 is 14.3 Å². The van der Waals surface area contributed by atoms with Crippen molar-refractivity contribution in [3.8, 4) is 0 Å². The van der Waals surface area contributed by atoms with Crippen molar-refractivity contribution in [3.63, 3.8) is 0 Å². The largest absolute Gasteiger partial charge is 0.462 e. The van der Waals surface area contributed by atoms with E-state index in [0.29, 0.717) is 24.4 Å². The van der Waals surface area contributed by atoms with Gasteiger partial charge in [-0.25, -0.2) is 14.8 Å². The second kappa shape index (κ2) is 10.5. The van der Waals surface area contributed by atoms with E-state index in [1.807, 2.05) is 6.92 Å². The molecule has 1 aromatic heterocycles. The fourth-order valence-electron chi connectivity index (χ4n) is 3.05. The molecule has 29 heavy (non-hydrogen) atoms. The summed E-state index contributed by atoms with van der Waals surface area (Å²) in [6.45, 7) is 5.91. The summed E-state index contributed by atoms with van der Waals surface area (Å²) in [5, 5.41) is 2.88. The first-order valence-corrected chi connectivity index (χ1v) is 9.97. The van der Waals surface area contributed by atoms with Crippen molar-refractivity contribution in [3.05, 3.63) is 48.3 Å². The van der Waals surface area contributed by atoms with Gasteiger partial charge in [0.15, 0.2) is 0 Å². The van der Waals surface area contributed by atoms with Gasteiger partial charge >= 0.3 is 5.97 Å². The van der Waals surface area contributed by atoms with Crippen LogP contribution in [-0.4, -0.2) is 66.1 Å². The number of nitrogens with one attached hydrogen (secondary N) is 1. The molecule has 3 rings (SSSR count). The molecule has 1 N–H and O–H groups in total. The zero-order chi connectivity index (χ0) is 20.5. The number of carbonyl (C=O) groups excluding carboxylic acids is 2. The van der Waals surface area contributed by atoms with Gasteiger partial charge in [0.1, 0.15) is 0 Å². The Morgan fingerprint density at radius 1 is 1.07 bits per heavy atom. The smallest absolute Gasteiger partial charge is 0.338 e. The molecule has 2 aromatic rings. The van der Waals surface area contributed by atoms with Gasteiger partial charge in [0, 0.05) is 44.3 Å². The van der Waals surface area contributed by atoms with Crippen LogP contribution in [0.25, 0.3) is 0 Å². The van der Waals surface area contributed by atoms with E-state index in [9.17, 15) is 9.59 Å². The van der Waals surface area contributed by atoms with E-state index in [1.165, 1.54) is 0 Å². The maximum absolute atomic E-state index is 12.3. The molecule has 8 heteroatoms. The molecule has 1 aliphatic heterocycles. The van der Waals surface area contributed by atoms with Crippen LogP contribution >= 0.6 is 0 Å². The second-order valence-electron chi connectivity index (χ2n) is 6.93. The van der Waals surface area contributed by atoms with Crippen molar-refractivity contribution in [1.82, 2.24) is 14.9 Å². The Morgan fingerprint density at radius 3 is 2.41 bits per heavy atom. The molecule has 0 saturated carbocycles. The fourth-order valence-corrected chi connectivity index (χ4v) is 3.05. The molecule has 154 valence electrons. The quantitative estimate of drug-likeness (QED) is 0.540. The van der Waals surface area contributed by atoms with E-state index >= 15 is 0 Å². The monoisotopic (exact) mass is 397 g/mol. The number of unbranched alkanes of at least 4 members (excludes halogenated alkanes) is 1. The number of rotatable bonds is 8. The third-order valence-electron chi connectivity index (χ3n) is 4.71. The first kappa shape index (κ1) is 20.7. The molecule has 1 fully saturated rings. The van der Waals surface area contributed by atoms with Gasteiger partial charge in [-0.05, 0) is 36.8 Å². The van der Waals surface area contributed by atoms with Crippen molar-refractivity contribution in [2.24, 2.45) is 0 Å². The average molecular weight is 397 g/mol. The highest BCUT2D eigenvalue weighted by atomic mass is 16.5. The lowest BCUT2D eigenvalue weighted by Gasteiger charge is -2.34. The minimum atomic E-state index is -0.336. The Kier molecular flexibility index (Phi) is 7.52. The summed E-state index contributed by atoms with van der Waals surface area (Å²) in [6, 6.07) is 8.58. The van der Waals surface area contributed by atoms with Crippen molar-refractivity contribution in [1.29, 1.82) is 0 Å². The summed E-state index contributed by atoms with van der Waals surface area (Å²) in [4.78, 5) is 37.0. The summed E-state index contributed by atoms with van der Waals surface area (Å²) in [5.74, 6) is 0.314. The molecule has 1 aromatic carbocycles. The van der Waals surface area contributed by atoms with Crippen LogP contribution in [0, 0.1) is 0 Å². The normalized spacial score (nSPS) is 14.4. The first-order chi connectivity index (χ1) is 14.2. The molecule has 0 atom stereocenters. The van der Waals surface area contributed by atoms with Gasteiger partial charge in [-0.2, -0.15) is 0 Å². The lowest BCUT2D eigenvalue weighted by atomic mass is 10.2. The van der Waals surface area contributed by atoms with Gasteiger partial charge in [-0.3, -0.25) is 9.69 Å². The maximum Gasteiger partial charge on any atom is 0.338 e. The van der Waals surface area contributed by atoms with Crippen LogP contribution in [0.2, 0.25) is 0 Å². The van der Waals surface area contributed by atoms with Gasteiger partial charge < -0.3 is 15.0 Å². The Hall–Kier alpha value is -3.00. The molecule has 8 nitrogen and oxygen atoms in total. The molecule has 0 spiro atoms. The van der Waals surface area contributed by atoms with Crippen LogP contribution in [-0.2, 0) is 9.53 Å². The number of nitrogens with zero attached hydrogens (tertiary/aromatic N) is 4. The van der Waals surface area contributed by atoms with Crippen LogP contribution in [0.4, 0.5) is 11.6 Å². The highest BCUT2D eigenvalue weighted by Gasteiger charge is 2.20. The van der Waals surface area contributed by atoms with Crippen LogP contribution in [0.15, 0.2) is 42.7 Å². The first-order valence-electron chi connectivity index (χ1n) is 9.97. The Labute approximate surface area is 170 Å². The maximum atomic E-state index is 12.3. The summed E-state index contributed by atoms with van der Waals surface area (Å²) < 4.78 is 5.18. The molecule has 0 aliphatic carbocycles. The third kappa shape index (κ3) is 6.25. The fraction of sp³-hybridized carbons (Fsp3) is 0.429. The van der Waals surface area contributed by atoms with Crippen molar-refractivity contribution in [2.75, 3.05) is 49.5 Å². The second-order valence-corrected chi connectivity index (χ2v) is 6.93. The topological polar surface area (TPSA) is 87.7 Å². The van der Waals surface area contributed by atoms with Crippen molar-refractivity contribution in [2.45, 2.75) is 19.8 Å². The number of amides is 1. The van der Waals surface area contributed by atoms with Gasteiger partial charge in [0.05, 0.1) is 18.7 Å². The molecule has 0 bridgehead atoms. The number of anilines is 2. The van der Waals surface area contributed by atoms with Gasteiger partial charge in [-0.1, -0.05) is 13.3 Å². The number of benzene rings is 1. The molecular formula is C21H27N5O3. The zero-order valence-corrected chi connectivity index (χ0v) is 16.7. The number of ether oxygens (including phenoxy) is 1. The van der Waals surface area contributed by atoms with Crippen LogP contribution in [0.3, 0.4) is 0 Å². The summed E-state index contributed by atoms with van der Waals surface area (Å²) in [7, 11) is 0. The predicted molar refractivity (Wildman–Crippen MR) is 111 cm³/mol. The van der Waals surface area contributed by atoms with E-state index in [-0.39, 0.29) is 11.9 Å². The van der Waals surface area contributed by atoms with Gasteiger partial charge in [0.2, 0.25) is 11.9 Å². The van der Waals surface area contributed by atoms with Crippen LogP contribution in [0.1, 0.15) is 30.1 Å². The lowest BCUT2D eigenvalue weighted by molar-refractivity contribution is -0.117. The van der Waals surface area contributed by atoms with Gasteiger partial charge in [0.25, 0.3) is 0 Å². The Bertz CT molecular complexity index is 790. The number of hydrogen-bond acceptors (Lipinski definition) is 7. The van der Waals surface area contributed by atoms with E-state index in [0.717, 1.165) is 45.0 Å². The minimum absolute atomic E-state index is 0.0762. The molecule has 1 saturated heterocycles. The summed E-state index contributed by atoms with van der Waals surface area (Å²) in [5.41, 5.74) is 1.15. The number of aromatic nitrogens is 2. The SMILES string of the molecule is CCCCOC(=O)c1ccc(NC(=O)CN2CCN(c3ncccn3)CC2)cc1. The number of hydrogen-bond donors (Lipinski definition) is 1. The number of esters is 1. The van der Waals surface area contributed by atoms with Crippen LogP contribution < -0.4 is 10.2 Å². The summed E-state index contributed by atoms with van der Waals surface area (Å²) >= 11 is 0. The van der Waals surface area contributed by atoms with Crippen LogP contribution in [0.5, 0.6) is 0 Å². The molecular weight excluding hydrogens is 370 g/mol. The highest BCUT2D eigenvalue weighted by Crippen LogP contribution is 2.12. The Balaban J connectivity index is 1.42.